The highest BCUT2D eigenvalue weighted by Crippen LogP contribution is 2.12. The zero-order valence-electron chi connectivity index (χ0n) is 8.03. The van der Waals surface area contributed by atoms with Crippen molar-refractivity contribution >= 4 is 27.6 Å². The lowest BCUT2D eigenvalue weighted by molar-refractivity contribution is 0.107. The highest BCUT2D eigenvalue weighted by Gasteiger charge is 2.10. The van der Waals surface area contributed by atoms with Gasteiger partial charge in [0.1, 0.15) is 5.69 Å². The second-order valence-corrected chi connectivity index (χ2v) is 3.60. The molecule has 3 nitrogen and oxygen atoms in total. The summed E-state index contributed by atoms with van der Waals surface area (Å²) in [4.78, 5) is 22.9. The van der Waals surface area contributed by atoms with Crippen LogP contribution in [0, 0.1) is 0 Å². The van der Waals surface area contributed by atoms with Gasteiger partial charge in [-0.2, -0.15) is 0 Å². The summed E-state index contributed by atoms with van der Waals surface area (Å²) < 4.78 is 1.26. The Morgan fingerprint density at radius 3 is 2.67 bits per heavy atom. The van der Waals surface area contributed by atoms with Crippen LogP contribution >= 0.6 is 11.6 Å². The van der Waals surface area contributed by atoms with Crippen molar-refractivity contribution in [3.05, 3.63) is 46.4 Å². The van der Waals surface area contributed by atoms with Crippen LogP contribution in [-0.4, -0.2) is 9.81 Å². The zero-order chi connectivity index (χ0) is 11.0. The number of aromatic nitrogens is 1. The minimum atomic E-state index is -0.625. The fourth-order valence-corrected chi connectivity index (χ4v) is 1.72. The van der Waals surface area contributed by atoms with Gasteiger partial charge in [-0.25, -0.2) is 0 Å². The maximum atomic E-state index is 11.8. The average molecular weight is 222 g/mol. The molecule has 0 N–H and O–H groups in total. The lowest BCUT2D eigenvalue weighted by Crippen LogP contribution is -2.21. The van der Waals surface area contributed by atoms with Gasteiger partial charge in [-0.05, 0) is 29.1 Å². The van der Waals surface area contributed by atoms with Crippen LogP contribution in [0.25, 0.3) is 10.8 Å². The minimum Gasteiger partial charge on any atom is -0.307 e. The average Bonchev–Trinajstić information content (AvgIpc) is 2.23. The first kappa shape index (κ1) is 9.93. The predicted octanol–water partition coefficient (Wildman–Crippen LogP) is 1.92. The third-order valence-corrected chi connectivity index (χ3v) is 2.54. The van der Waals surface area contributed by atoms with Crippen molar-refractivity contribution in [3.8, 4) is 0 Å². The van der Waals surface area contributed by atoms with Gasteiger partial charge in [0.2, 0.25) is 0 Å². The highest BCUT2D eigenvalue weighted by molar-refractivity contribution is 6.67. The Bertz CT molecular complexity index is 601. The van der Waals surface area contributed by atoms with E-state index >= 15 is 0 Å². The molecule has 0 aliphatic heterocycles. The number of hydrogen-bond donors (Lipinski definition) is 0. The van der Waals surface area contributed by atoms with E-state index < -0.39 is 5.24 Å². The molecule has 0 amide bonds. The van der Waals surface area contributed by atoms with Crippen molar-refractivity contribution in [3.63, 3.8) is 0 Å². The third-order valence-electron chi connectivity index (χ3n) is 2.35. The van der Waals surface area contributed by atoms with Gasteiger partial charge in [0.15, 0.2) is 0 Å². The summed E-state index contributed by atoms with van der Waals surface area (Å²) in [5.74, 6) is 0. The minimum absolute atomic E-state index is 0.209. The van der Waals surface area contributed by atoms with Crippen LogP contribution in [-0.2, 0) is 7.05 Å². The van der Waals surface area contributed by atoms with Crippen LogP contribution in [0.4, 0.5) is 0 Å². The lowest BCUT2D eigenvalue weighted by atomic mass is 10.1. The fraction of sp³-hybridized carbons (Fsp3) is 0.0909. The zero-order valence-corrected chi connectivity index (χ0v) is 8.78. The fourth-order valence-electron chi connectivity index (χ4n) is 1.54. The summed E-state index contributed by atoms with van der Waals surface area (Å²) in [5.41, 5.74) is -0.00235. The second kappa shape index (κ2) is 3.51. The molecule has 0 saturated carbocycles. The summed E-state index contributed by atoms with van der Waals surface area (Å²) in [6.07, 6.45) is 0. The van der Waals surface area contributed by atoms with E-state index in [9.17, 15) is 9.59 Å². The van der Waals surface area contributed by atoms with Gasteiger partial charge in [-0.15, -0.1) is 0 Å². The Hall–Kier alpha value is -1.61. The third kappa shape index (κ3) is 1.55. The first-order valence-electron chi connectivity index (χ1n) is 4.40. The molecule has 4 heteroatoms. The molecule has 1 heterocycles. The molecule has 0 fully saturated rings. The number of carbonyl (C=O) groups excluding carboxylic acids is 1. The Balaban J connectivity index is 2.95. The largest absolute Gasteiger partial charge is 0.307 e. The highest BCUT2D eigenvalue weighted by atomic mass is 35.5. The van der Waals surface area contributed by atoms with Crippen molar-refractivity contribution in [1.82, 2.24) is 4.57 Å². The molecular formula is C11H8ClNO2. The van der Waals surface area contributed by atoms with Gasteiger partial charge < -0.3 is 4.57 Å². The molecule has 0 unspecified atom stereocenters. The maximum absolute atomic E-state index is 11.8. The van der Waals surface area contributed by atoms with E-state index in [1.54, 1.807) is 24.3 Å². The van der Waals surface area contributed by atoms with Gasteiger partial charge in [0, 0.05) is 12.4 Å². The van der Waals surface area contributed by atoms with E-state index in [1.165, 1.54) is 11.6 Å². The van der Waals surface area contributed by atoms with E-state index in [0.717, 1.165) is 5.39 Å². The molecule has 1 aromatic carbocycles. The van der Waals surface area contributed by atoms with E-state index in [2.05, 4.69) is 0 Å². The number of halogens is 1. The molecule has 76 valence electrons. The number of fused-ring (bicyclic) bond motifs is 1. The Kier molecular flexibility index (Phi) is 2.32. The molecule has 2 aromatic rings. The molecule has 15 heavy (non-hydrogen) atoms. The van der Waals surface area contributed by atoms with Gasteiger partial charge in [-0.3, -0.25) is 9.59 Å². The normalized spacial score (nSPS) is 10.5. The Morgan fingerprint density at radius 2 is 2.00 bits per heavy atom. The molecule has 0 bridgehead atoms. The monoisotopic (exact) mass is 221 g/mol. The molecule has 1 aromatic heterocycles. The molecule has 0 saturated heterocycles. The standard InChI is InChI=1S/C11H8ClNO2/c1-13-9(10(12)14)6-7-4-2-3-5-8(7)11(13)15/h2-6H,1H3. The van der Waals surface area contributed by atoms with Crippen LogP contribution in [0.2, 0.25) is 0 Å². The summed E-state index contributed by atoms with van der Waals surface area (Å²) in [6.45, 7) is 0. The van der Waals surface area contributed by atoms with Crippen molar-refractivity contribution < 1.29 is 4.79 Å². The van der Waals surface area contributed by atoms with E-state index in [1.807, 2.05) is 6.07 Å². The molecular weight excluding hydrogens is 214 g/mol. The number of rotatable bonds is 1. The van der Waals surface area contributed by atoms with E-state index in [0.29, 0.717) is 5.39 Å². The predicted molar refractivity (Wildman–Crippen MR) is 59.4 cm³/mol. The molecule has 0 spiro atoms. The van der Waals surface area contributed by atoms with Crippen LogP contribution in [0.5, 0.6) is 0 Å². The number of benzene rings is 1. The number of nitrogens with zero attached hydrogens (tertiary/aromatic N) is 1. The summed E-state index contributed by atoms with van der Waals surface area (Å²) >= 11 is 5.38. The SMILES string of the molecule is Cn1c(C(=O)Cl)cc2ccccc2c1=O. The lowest BCUT2D eigenvalue weighted by Gasteiger charge is -2.05. The summed E-state index contributed by atoms with van der Waals surface area (Å²) in [7, 11) is 1.53. The van der Waals surface area contributed by atoms with Gasteiger partial charge in [0.25, 0.3) is 10.8 Å². The van der Waals surface area contributed by atoms with Crippen molar-refractivity contribution in [2.45, 2.75) is 0 Å². The van der Waals surface area contributed by atoms with Gasteiger partial charge in [-0.1, -0.05) is 18.2 Å². The topological polar surface area (TPSA) is 39.1 Å². The summed E-state index contributed by atoms with van der Waals surface area (Å²) in [5, 5.41) is 0.687. The van der Waals surface area contributed by atoms with Crippen molar-refractivity contribution in [1.29, 1.82) is 0 Å². The van der Waals surface area contributed by atoms with E-state index in [-0.39, 0.29) is 11.3 Å². The van der Waals surface area contributed by atoms with Crippen molar-refractivity contribution in [2.75, 3.05) is 0 Å². The molecule has 0 radical (unpaired) electrons. The number of pyridine rings is 1. The number of hydrogen-bond acceptors (Lipinski definition) is 2. The van der Waals surface area contributed by atoms with Gasteiger partial charge >= 0.3 is 0 Å². The smallest absolute Gasteiger partial charge is 0.268 e. The first-order chi connectivity index (χ1) is 7.11. The summed E-state index contributed by atoms with van der Waals surface area (Å²) in [6, 6.07) is 8.71. The quantitative estimate of drug-likeness (QED) is 0.690. The first-order valence-corrected chi connectivity index (χ1v) is 4.77. The van der Waals surface area contributed by atoms with Crippen LogP contribution < -0.4 is 5.56 Å². The molecule has 0 aliphatic rings. The molecule has 2 rings (SSSR count). The van der Waals surface area contributed by atoms with Crippen LogP contribution in [0.3, 0.4) is 0 Å². The maximum Gasteiger partial charge on any atom is 0.268 e. The van der Waals surface area contributed by atoms with Gasteiger partial charge in [0.05, 0.1) is 0 Å². The Morgan fingerprint density at radius 1 is 1.33 bits per heavy atom. The van der Waals surface area contributed by atoms with Crippen LogP contribution in [0.15, 0.2) is 35.1 Å². The molecule has 0 atom stereocenters. The number of carbonyl (C=O) groups is 1. The second-order valence-electron chi connectivity index (χ2n) is 3.25. The molecule has 0 aliphatic carbocycles. The van der Waals surface area contributed by atoms with Crippen molar-refractivity contribution in [2.24, 2.45) is 7.05 Å². The van der Waals surface area contributed by atoms with Crippen LogP contribution in [0.1, 0.15) is 10.5 Å². The van der Waals surface area contributed by atoms with E-state index in [4.69, 9.17) is 11.6 Å². The Labute approximate surface area is 90.9 Å².